The van der Waals surface area contributed by atoms with Gasteiger partial charge in [0.2, 0.25) is 0 Å². The fourth-order valence-corrected chi connectivity index (χ4v) is 3.72. The number of rotatable bonds is 7. The molecular weight excluding hydrogens is 272 g/mol. The van der Waals surface area contributed by atoms with E-state index in [2.05, 4.69) is 61.2 Å². The van der Waals surface area contributed by atoms with Crippen molar-refractivity contribution in [3.63, 3.8) is 0 Å². The van der Waals surface area contributed by atoms with E-state index in [0.717, 1.165) is 24.0 Å². The predicted molar refractivity (Wildman–Crippen MR) is 93.0 cm³/mol. The molecule has 0 aromatic heterocycles. The number of hydrogen-bond donors (Lipinski definition) is 0. The van der Waals surface area contributed by atoms with Gasteiger partial charge in [-0.2, -0.15) is 0 Å². The van der Waals surface area contributed by atoms with Crippen LogP contribution in [-0.4, -0.2) is 5.75 Å². The number of thioether (sulfide) groups is 1. The molecule has 1 fully saturated rings. The third kappa shape index (κ3) is 4.01. The average Bonchev–Trinajstić information content (AvgIpc) is 3.29. The van der Waals surface area contributed by atoms with Gasteiger partial charge in [0.05, 0.1) is 0 Å². The van der Waals surface area contributed by atoms with Crippen molar-refractivity contribution >= 4 is 11.8 Å². The third-order valence-electron chi connectivity index (χ3n) is 4.16. The maximum absolute atomic E-state index is 3.76. The summed E-state index contributed by atoms with van der Waals surface area (Å²) in [5, 5.41) is 0. The molecule has 2 aromatic rings. The lowest BCUT2D eigenvalue weighted by atomic mass is 10.0. The lowest BCUT2D eigenvalue weighted by Gasteiger charge is -2.04. The van der Waals surface area contributed by atoms with Gasteiger partial charge in [0.1, 0.15) is 0 Å². The van der Waals surface area contributed by atoms with Crippen molar-refractivity contribution in [1.29, 1.82) is 0 Å². The summed E-state index contributed by atoms with van der Waals surface area (Å²) in [5.74, 6) is 2.75. The van der Waals surface area contributed by atoms with E-state index >= 15 is 0 Å². The largest absolute Gasteiger partial charge is 0.126 e. The number of hydrogen-bond acceptors (Lipinski definition) is 1. The van der Waals surface area contributed by atoms with E-state index in [-0.39, 0.29) is 0 Å². The molecule has 2 unspecified atom stereocenters. The maximum atomic E-state index is 3.76. The molecule has 0 bridgehead atoms. The van der Waals surface area contributed by atoms with Crippen LogP contribution in [0.2, 0.25) is 0 Å². The zero-order valence-electron chi connectivity index (χ0n) is 12.4. The van der Waals surface area contributed by atoms with Crippen molar-refractivity contribution in [3.8, 4) is 0 Å². The Bertz CT molecular complexity index is 571. The molecule has 2 atom stereocenters. The van der Waals surface area contributed by atoms with Crippen molar-refractivity contribution in [1.82, 2.24) is 0 Å². The number of allylic oxidation sites excluding steroid dienone is 1. The molecule has 0 heterocycles. The molecule has 0 spiro atoms. The highest BCUT2D eigenvalue weighted by molar-refractivity contribution is 7.99. The van der Waals surface area contributed by atoms with Gasteiger partial charge in [0.15, 0.2) is 0 Å². The molecule has 0 radical (unpaired) electrons. The van der Waals surface area contributed by atoms with Gasteiger partial charge >= 0.3 is 0 Å². The molecule has 2 aromatic carbocycles. The summed E-state index contributed by atoms with van der Waals surface area (Å²) in [6.45, 7) is 3.76. The monoisotopic (exact) mass is 294 g/mol. The molecule has 0 nitrogen and oxygen atoms in total. The van der Waals surface area contributed by atoms with Crippen molar-refractivity contribution in [2.45, 2.75) is 30.1 Å². The lowest BCUT2D eigenvalue weighted by molar-refractivity contribution is 0.794. The normalized spacial score (nSPS) is 20.2. The molecule has 3 rings (SSSR count). The second kappa shape index (κ2) is 7.00. The summed E-state index contributed by atoms with van der Waals surface area (Å²) >= 11 is 1.91. The second-order valence-corrected chi connectivity index (χ2v) is 6.96. The predicted octanol–water partition coefficient (Wildman–Crippen LogP) is 5.70. The highest BCUT2D eigenvalue weighted by Gasteiger charge is 2.37. The van der Waals surface area contributed by atoms with Gasteiger partial charge in [0, 0.05) is 10.6 Å². The van der Waals surface area contributed by atoms with Crippen LogP contribution < -0.4 is 0 Å². The van der Waals surface area contributed by atoms with Crippen molar-refractivity contribution < 1.29 is 0 Å². The Morgan fingerprint density at radius 1 is 1.05 bits per heavy atom. The first-order chi connectivity index (χ1) is 10.4. The van der Waals surface area contributed by atoms with Crippen molar-refractivity contribution in [3.05, 3.63) is 78.4 Å². The van der Waals surface area contributed by atoms with Crippen molar-refractivity contribution in [2.24, 2.45) is 5.92 Å². The molecule has 1 aliphatic rings. The minimum atomic E-state index is 0.785. The third-order valence-corrected chi connectivity index (χ3v) is 5.21. The zero-order valence-corrected chi connectivity index (χ0v) is 13.2. The molecule has 0 aliphatic heterocycles. The van der Waals surface area contributed by atoms with Gasteiger partial charge in [-0.3, -0.25) is 0 Å². The summed E-state index contributed by atoms with van der Waals surface area (Å²) in [4.78, 5) is 1.37. The minimum Gasteiger partial charge on any atom is -0.126 e. The van der Waals surface area contributed by atoms with Gasteiger partial charge < -0.3 is 0 Å². The summed E-state index contributed by atoms with van der Waals surface area (Å²) in [6, 6.07) is 20.1. The van der Waals surface area contributed by atoms with Crippen LogP contribution in [0.3, 0.4) is 0 Å². The molecule has 0 saturated heterocycles. The second-order valence-electron chi connectivity index (χ2n) is 5.79. The van der Waals surface area contributed by atoms with E-state index in [1.54, 1.807) is 0 Å². The highest BCUT2D eigenvalue weighted by atomic mass is 32.2. The maximum Gasteiger partial charge on any atom is 0.00722 e. The quantitative estimate of drug-likeness (QED) is 0.358. The molecule has 1 aliphatic carbocycles. The van der Waals surface area contributed by atoms with Crippen LogP contribution in [0.5, 0.6) is 0 Å². The Morgan fingerprint density at radius 2 is 1.81 bits per heavy atom. The van der Waals surface area contributed by atoms with Gasteiger partial charge in [0.25, 0.3) is 0 Å². The van der Waals surface area contributed by atoms with E-state index < -0.39 is 0 Å². The molecule has 0 N–H and O–H groups in total. The van der Waals surface area contributed by atoms with Gasteiger partial charge in [-0.05, 0) is 54.4 Å². The highest BCUT2D eigenvalue weighted by Crippen LogP contribution is 2.49. The van der Waals surface area contributed by atoms with E-state index in [1.807, 2.05) is 17.8 Å². The molecular formula is C20H22S. The van der Waals surface area contributed by atoms with E-state index in [1.165, 1.54) is 28.9 Å². The molecule has 1 heteroatoms. The molecule has 0 amide bonds. The van der Waals surface area contributed by atoms with Gasteiger partial charge in [-0.25, -0.2) is 0 Å². The zero-order chi connectivity index (χ0) is 14.5. The van der Waals surface area contributed by atoms with E-state index in [0.29, 0.717) is 0 Å². The summed E-state index contributed by atoms with van der Waals surface area (Å²) in [7, 11) is 0. The molecule has 1 saturated carbocycles. The van der Waals surface area contributed by atoms with E-state index in [9.17, 15) is 0 Å². The fourth-order valence-electron chi connectivity index (χ4n) is 2.87. The first kappa shape index (κ1) is 14.5. The molecule has 108 valence electrons. The van der Waals surface area contributed by atoms with Gasteiger partial charge in [-0.15, -0.1) is 18.3 Å². The van der Waals surface area contributed by atoms with Crippen molar-refractivity contribution in [2.75, 3.05) is 5.75 Å². The summed E-state index contributed by atoms with van der Waals surface area (Å²) in [6.07, 6.45) is 5.63. The van der Waals surface area contributed by atoms with Gasteiger partial charge in [-0.1, -0.05) is 48.5 Å². The van der Waals surface area contributed by atoms with E-state index in [4.69, 9.17) is 0 Å². The average molecular weight is 294 g/mol. The van der Waals surface area contributed by atoms with Crippen LogP contribution in [0, 0.1) is 5.92 Å². The Morgan fingerprint density at radius 3 is 2.52 bits per heavy atom. The summed E-state index contributed by atoms with van der Waals surface area (Å²) < 4.78 is 0. The fraction of sp³-hybridized carbons (Fsp3) is 0.300. The first-order valence-electron chi connectivity index (χ1n) is 7.74. The van der Waals surface area contributed by atoms with Crippen LogP contribution >= 0.6 is 11.8 Å². The van der Waals surface area contributed by atoms with Crippen LogP contribution in [0.4, 0.5) is 0 Å². The van der Waals surface area contributed by atoms with Crippen LogP contribution in [0.1, 0.15) is 29.9 Å². The minimum absolute atomic E-state index is 0.785. The number of benzene rings is 2. The smallest absolute Gasteiger partial charge is 0.00722 e. The Labute approximate surface area is 132 Å². The topological polar surface area (TPSA) is 0 Å². The van der Waals surface area contributed by atoms with Crippen LogP contribution in [0.25, 0.3) is 0 Å². The lowest BCUT2D eigenvalue weighted by Crippen LogP contribution is -1.90. The first-order valence-corrected chi connectivity index (χ1v) is 8.73. The SMILES string of the molecule is C=CCCSc1ccc(CC2CC2c2ccccc2)cc1. The standard InChI is InChI=1S/C20H22S/c1-2-3-13-21-19-11-9-16(10-12-19)14-18-15-20(18)17-7-5-4-6-8-17/h2,4-12,18,20H,1,3,13-15H2. The molecule has 21 heavy (non-hydrogen) atoms. The Balaban J connectivity index is 1.51. The summed E-state index contributed by atoms with van der Waals surface area (Å²) in [5.41, 5.74) is 2.99. The van der Waals surface area contributed by atoms with Crippen LogP contribution in [0.15, 0.2) is 72.1 Å². The Kier molecular flexibility index (Phi) is 4.82. The van der Waals surface area contributed by atoms with Crippen LogP contribution in [-0.2, 0) is 6.42 Å². The Hall–Kier alpha value is -1.47.